The molecule has 4 nitrogen and oxygen atoms in total. The number of H-pyrrole nitrogens is 1. The highest BCUT2D eigenvalue weighted by Gasteiger charge is 2.00. The van der Waals surface area contributed by atoms with Crippen molar-refractivity contribution in [2.24, 2.45) is 0 Å². The number of aryl methyl sites for hydroxylation is 3. The van der Waals surface area contributed by atoms with Gasteiger partial charge in [-0.15, -0.1) is 0 Å². The first-order chi connectivity index (χ1) is 8.06. The maximum atomic E-state index is 11.4. The summed E-state index contributed by atoms with van der Waals surface area (Å²) in [6, 6.07) is 6.02. The van der Waals surface area contributed by atoms with Crippen molar-refractivity contribution < 1.29 is 0 Å². The number of hydrogen-bond donors (Lipinski definition) is 2. The average molecular weight is 229 g/mol. The van der Waals surface area contributed by atoms with E-state index in [2.05, 4.69) is 22.2 Å². The number of anilines is 2. The number of hydrogen-bond acceptors (Lipinski definition) is 3. The molecular formula is C13H15N3O. The molecule has 0 aliphatic carbocycles. The lowest BCUT2D eigenvalue weighted by Gasteiger charge is -2.07. The van der Waals surface area contributed by atoms with Crippen LogP contribution in [0.2, 0.25) is 0 Å². The van der Waals surface area contributed by atoms with Gasteiger partial charge in [-0.25, -0.2) is 4.98 Å². The Morgan fingerprint density at radius 2 is 1.88 bits per heavy atom. The van der Waals surface area contributed by atoms with Crippen LogP contribution in [0.4, 0.5) is 11.6 Å². The summed E-state index contributed by atoms with van der Waals surface area (Å²) in [5, 5.41) is 3.07. The van der Waals surface area contributed by atoms with Crippen molar-refractivity contribution in [3.63, 3.8) is 0 Å². The molecule has 0 aliphatic rings. The normalized spacial score (nSPS) is 10.3. The quantitative estimate of drug-likeness (QED) is 0.831. The van der Waals surface area contributed by atoms with Crippen LogP contribution >= 0.6 is 0 Å². The smallest absolute Gasteiger partial charge is 0.255 e. The Labute approximate surface area is 99.7 Å². The highest BCUT2D eigenvalue weighted by atomic mass is 16.1. The zero-order chi connectivity index (χ0) is 12.4. The monoisotopic (exact) mass is 229 g/mol. The van der Waals surface area contributed by atoms with Gasteiger partial charge in [0.2, 0.25) is 5.95 Å². The van der Waals surface area contributed by atoms with Gasteiger partial charge in [0.05, 0.1) is 0 Å². The van der Waals surface area contributed by atoms with E-state index < -0.39 is 0 Å². The third-order valence-electron chi connectivity index (χ3n) is 2.75. The van der Waals surface area contributed by atoms with Gasteiger partial charge in [0.1, 0.15) is 0 Å². The van der Waals surface area contributed by atoms with Gasteiger partial charge in [0, 0.05) is 17.4 Å². The van der Waals surface area contributed by atoms with Crippen LogP contribution < -0.4 is 10.9 Å². The fourth-order valence-corrected chi connectivity index (χ4v) is 1.48. The summed E-state index contributed by atoms with van der Waals surface area (Å²) in [4.78, 5) is 18.2. The Hall–Kier alpha value is -2.10. The molecule has 1 aromatic heterocycles. The van der Waals surface area contributed by atoms with Gasteiger partial charge in [-0.3, -0.25) is 9.78 Å². The second-order valence-electron chi connectivity index (χ2n) is 4.17. The average Bonchev–Trinajstić information content (AvgIpc) is 2.29. The van der Waals surface area contributed by atoms with Gasteiger partial charge >= 0.3 is 0 Å². The van der Waals surface area contributed by atoms with Gasteiger partial charge in [-0.1, -0.05) is 6.07 Å². The van der Waals surface area contributed by atoms with E-state index in [0.717, 1.165) is 5.69 Å². The van der Waals surface area contributed by atoms with Crippen LogP contribution in [-0.4, -0.2) is 9.97 Å². The van der Waals surface area contributed by atoms with E-state index in [1.54, 1.807) is 13.1 Å². The second-order valence-corrected chi connectivity index (χ2v) is 4.17. The largest absolute Gasteiger partial charge is 0.326 e. The molecule has 0 spiro atoms. The van der Waals surface area contributed by atoms with Crippen molar-refractivity contribution in [1.29, 1.82) is 0 Å². The molecule has 0 aliphatic heterocycles. The fourth-order valence-electron chi connectivity index (χ4n) is 1.48. The molecule has 0 radical (unpaired) electrons. The van der Waals surface area contributed by atoms with E-state index in [4.69, 9.17) is 0 Å². The molecule has 0 bridgehead atoms. The first-order valence-corrected chi connectivity index (χ1v) is 5.46. The Bertz CT molecular complexity index is 602. The summed E-state index contributed by atoms with van der Waals surface area (Å²) in [5.41, 5.74) is 3.84. The summed E-state index contributed by atoms with van der Waals surface area (Å²) >= 11 is 0. The lowest BCUT2D eigenvalue weighted by Crippen LogP contribution is -2.12. The summed E-state index contributed by atoms with van der Waals surface area (Å²) in [7, 11) is 0. The van der Waals surface area contributed by atoms with Crippen LogP contribution in [0.5, 0.6) is 0 Å². The maximum Gasteiger partial charge on any atom is 0.255 e. The summed E-state index contributed by atoms with van der Waals surface area (Å²) < 4.78 is 0. The van der Waals surface area contributed by atoms with E-state index in [-0.39, 0.29) is 5.56 Å². The van der Waals surface area contributed by atoms with Gasteiger partial charge in [-0.2, -0.15) is 0 Å². The second kappa shape index (κ2) is 4.41. The minimum Gasteiger partial charge on any atom is -0.326 e. The van der Waals surface area contributed by atoms with Crippen LogP contribution in [0.3, 0.4) is 0 Å². The zero-order valence-electron chi connectivity index (χ0n) is 10.2. The molecule has 17 heavy (non-hydrogen) atoms. The van der Waals surface area contributed by atoms with Crippen molar-refractivity contribution in [2.75, 3.05) is 5.32 Å². The molecule has 2 N–H and O–H groups in total. The molecule has 0 saturated heterocycles. The van der Waals surface area contributed by atoms with Crippen LogP contribution in [0.1, 0.15) is 16.7 Å². The van der Waals surface area contributed by atoms with E-state index in [0.29, 0.717) is 11.5 Å². The van der Waals surface area contributed by atoms with Crippen LogP contribution in [-0.2, 0) is 0 Å². The van der Waals surface area contributed by atoms with Gasteiger partial charge in [0.15, 0.2) is 0 Å². The summed E-state index contributed by atoms with van der Waals surface area (Å²) in [6.45, 7) is 5.84. The van der Waals surface area contributed by atoms with E-state index >= 15 is 0 Å². The minimum atomic E-state index is -0.119. The van der Waals surface area contributed by atoms with Crippen molar-refractivity contribution in [2.45, 2.75) is 20.8 Å². The van der Waals surface area contributed by atoms with Gasteiger partial charge < -0.3 is 5.32 Å². The maximum absolute atomic E-state index is 11.4. The molecule has 0 unspecified atom stereocenters. The lowest BCUT2D eigenvalue weighted by molar-refractivity contribution is 1.08. The number of rotatable bonds is 2. The third-order valence-corrected chi connectivity index (χ3v) is 2.75. The van der Waals surface area contributed by atoms with Gasteiger partial charge in [-0.05, 0) is 44.0 Å². The van der Waals surface area contributed by atoms with E-state index in [9.17, 15) is 4.79 Å². The topological polar surface area (TPSA) is 57.8 Å². The molecule has 0 atom stereocenters. The number of benzene rings is 1. The fraction of sp³-hybridized carbons (Fsp3) is 0.231. The van der Waals surface area contributed by atoms with Crippen molar-refractivity contribution in [3.05, 3.63) is 51.4 Å². The molecule has 2 aromatic rings. The van der Waals surface area contributed by atoms with Crippen molar-refractivity contribution in [1.82, 2.24) is 9.97 Å². The number of aromatic amines is 1. The number of nitrogens with zero attached hydrogens (tertiary/aromatic N) is 1. The molecule has 0 amide bonds. The Balaban J connectivity index is 2.28. The molecule has 1 heterocycles. The van der Waals surface area contributed by atoms with E-state index in [1.807, 2.05) is 25.1 Å². The highest BCUT2D eigenvalue weighted by molar-refractivity contribution is 5.55. The van der Waals surface area contributed by atoms with Crippen molar-refractivity contribution >= 4 is 11.6 Å². The standard InChI is InChI=1S/C13H15N3O/c1-8-4-5-11(6-9(8)2)15-13-14-7-10(3)12(17)16-13/h4-7H,1-3H3,(H2,14,15,16,17). The molecule has 88 valence electrons. The van der Waals surface area contributed by atoms with E-state index in [1.165, 1.54) is 11.1 Å². The predicted octanol–water partition coefficient (Wildman–Crippen LogP) is 2.44. The molecule has 2 rings (SSSR count). The molecule has 0 saturated carbocycles. The first kappa shape index (κ1) is 11.4. The molecule has 4 heteroatoms. The predicted molar refractivity (Wildman–Crippen MR) is 68.8 cm³/mol. The Kier molecular flexibility index (Phi) is 2.95. The number of nitrogens with one attached hydrogen (secondary N) is 2. The number of aromatic nitrogens is 2. The Morgan fingerprint density at radius 3 is 2.53 bits per heavy atom. The van der Waals surface area contributed by atoms with Crippen LogP contribution in [0.15, 0.2) is 29.2 Å². The third kappa shape index (κ3) is 2.53. The lowest BCUT2D eigenvalue weighted by atomic mass is 10.1. The first-order valence-electron chi connectivity index (χ1n) is 5.46. The van der Waals surface area contributed by atoms with Gasteiger partial charge in [0.25, 0.3) is 5.56 Å². The summed E-state index contributed by atoms with van der Waals surface area (Å²) in [5.74, 6) is 0.462. The highest BCUT2D eigenvalue weighted by Crippen LogP contribution is 2.16. The zero-order valence-corrected chi connectivity index (χ0v) is 10.2. The molecule has 0 fully saturated rings. The van der Waals surface area contributed by atoms with Crippen molar-refractivity contribution in [3.8, 4) is 0 Å². The van der Waals surface area contributed by atoms with Crippen LogP contribution in [0, 0.1) is 20.8 Å². The molecule has 1 aromatic carbocycles. The Morgan fingerprint density at radius 1 is 1.12 bits per heavy atom. The summed E-state index contributed by atoms with van der Waals surface area (Å²) in [6.07, 6.45) is 1.56. The molecular weight excluding hydrogens is 214 g/mol. The van der Waals surface area contributed by atoms with Crippen LogP contribution in [0.25, 0.3) is 0 Å². The SMILES string of the molecule is Cc1ccc(Nc2ncc(C)c(=O)[nH]2)cc1C. The minimum absolute atomic E-state index is 0.119.